The van der Waals surface area contributed by atoms with Gasteiger partial charge in [0.2, 0.25) is 10.0 Å². The molecule has 0 bridgehead atoms. The van der Waals surface area contributed by atoms with Crippen LogP contribution in [0.5, 0.6) is 0 Å². The normalized spacial score (nSPS) is 10.7. The molecule has 0 saturated heterocycles. The first kappa shape index (κ1) is 21.1. The van der Waals surface area contributed by atoms with Gasteiger partial charge in [0.15, 0.2) is 0 Å². The molecule has 0 radical (unpaired) electrons. The van der Waals surface area contributed by atoms with Gasteiger partial charge in [0.25, 0.3) is 0 Å². The summed E-state index contributed by atoms with van der Waals surface area (Å²) in [5.41, 5.74) is 8.97. The van der Waals surface area contributed by atoms with Crippen molar-refractivity contribution in [1.82, 2.24) is 4.72 Å². The first-order chi connectivity index (χ1) is 14.4. The number of hydrogen-bond donors (Lipinski definition) is 4. The Kier molecular flexibility index (Phi) is 6.52. The fraction of sp³-hybridized carbons (Fsp3) is 0.0870. The van der Waals surface area contributed by atoms with E-state index in [1.807, 2.05) is 42.5 Å². The summed E-state index contributed by atoms with van der Waals surface area (Å²) in [5.74, 6) is 5.99. The van der Waals surface area contributed by atoms with Crippen molar-refractivity contribution in [3.63, 3.8) is 0 Å². The maximum atomic E-state index is 12.6. The van der Waals surface area contributed by atoms with E-state index < -0.39 is 10.0 Å². The number of nitrogens with two attached hydrogens (primary N) is 1. The van der Waals surface area contributed by atoms with Gasteiger partial charge in [-0.15, -0.1) is 0 Å². The third-order valence-corrected chi connectivity index (χ3v) is 5.87. The molecule has 30 heavy (non-hydrogen) atoms. The van der Waals surface area contributed by atoms with Gasteiger partial charge in [-0.3, -0.25) is 5.41 Å². The Morgan fingerprint density at radius 2 is 1.80 bits per heavy atom. The highest BCUT2D eigenvalue weighted by Gasteiger charge is 2.18. The van der Waals surface area contributed by atoms with E-state index >= 15 is 0 Å². The van der Waals surface area contributed by atoms with Crippen molar-refractivity contribution in [2.24, 2.45) is 5.73 Å². The molecule has 0 atom stereocenters. The molecular weight excluding hydrogens is 396 g/mol. The highest BCUT2D eigenvalue weighted by atomic mass is 32.2. The molecule has 0 fully saturated rings. The third-order valence-electron chi connectivity index (χ3n) is 4.41. The van der Waals surface area contributed by atoms with Crippen molar-refractivity contribution in [2.45, 2.75) is 4.90 Å². The summed E-state index contributed by atoms with van der Waals surface area (Å²) < 4.78 is 27.5. The lowest BCUT2D eigenvalue weighted by Gasteiger charge is -2.10. The Hall–Kier alpha value is -3.60. The smallest absolute Gasteiger partial charge is 0.240 e. The number of hydrogen-bond acceptors (Lipinski definition) is 4. The lowest BCUT2D eigenvalue weighted by molar-refractivity contribution is 0.588. The van der Waals surface area contributed by atoms with Crippen LogP contribution in [0.4, 0.5) is 5.69 Å². The third kappa shape index (κ3) is 5.06. The van der Waals surface area contributed by atoms with Gasteiger partial charge in [0.1, 0.15) is 5.84 Å². The van der Waals surface area contributed by atoms with E-state index in [2.05, 4.69) is 21.9 Å². The second kappa shape index (κ2) is 9.27. The Morgan fingerprint density at radius 1 is 1.03 bits per heavy atom. The monoisotopic (exact) mass is 418 g/mol. The summed E-state index contributed by atoms with van der Waals surface area (Å²) in [6.07, 6.45) is 0. The fourth-order valence-electron chi connectivity index (χ4n) is 2.88. The highest BCUT2D eigenvalue weighted by molar-refractivity contribution is 7.89. The minimum atomic E-state index is -3.65. The van der Waals surface area contributed by atoms with Crippen LogP contribution < -0.4 is 15.8 Å². The van der Waals surface area contributed by atoms with Crippen molar-refractivity contribution in [3.05, 3.63) is 83.9 Å². The molecule has 0 amide bonds. The fourth-order valence-corrected chi connectivity index (χ4v) is 3.86. The summed E-state index contributed by atoms with van der Waals surface area (Å²) in [4.78, 5) is 0.185. The standard InChI is InChI=1S/C23H22N4O2S/c1-26-30(28,29)22-15-17(12-13-21(22)18-8-3-2-4-9-18)7-6-14-27-20-11-5-10-19(16-20)23(24)25/h2-5,8-13,15-16,26-27H,14H2,1H3,(H3,24,25). The van der Waals surface area contributed by atoms with Crippen LogP contribution >= 0.6 is 0 Å². The van der Waals surface area contributed by atoms with Gasteiger partial charge in [0, 0.05) is 22.4 Å². The number of sulfonamides is 1. The first-order valence-electron chi connectivity index (χ1n) is 9.21. The Morgan fingerprint density at radius 3 is 2.50 bits per heavy atom. The zero-order valence-corrected chi connectivity index (χ0v) is 17.3. The molecule has 0 aromatic heterocycles. The van der Waals surface area contributed by atoms with Gasteiger partial charge in [-0.2, -0.15) is 0 Å². The molecule has 0 spiro atoms. The van der Waals surface area contributed by atoms with Gasteiger partial charge >= 0.3 is 0 Å². The molecule has 0 aliphatic rings. The van der Waals surface area contributed by atoms with E-state index in [1.165, 1.54) is 7.05 Å². The molecule has 6 nitrogen and oxygen atoms in total. The van der Waals surface area contributed by atoms with Crippen LogP contribution in [0.2, 0.25) is 0 Å². The predicted molar refractivity (Wildman–Crippen MR) is 121 cm³/mol. The van der Waals surface area contributed by atoms with Crippen LogP contribution in [0.15, 0.2) is 77.7 Å². The highest BCUT2D eigenvalue weighted by Crippen LogP contribution is 2.28. The second-order valence-corrected chi connectivity index (χ2v) is 8.29. The second-order valence-electron chi connectivity index (χ2n) is 6.43. The quantitative estimate of drug-likeness (QED) is 0.280. The number of amidine groups is 1. The molecule has 3 rings (SSSR count). The number of rotatable bonds is 6. The number of nitrogens with one attached hydrogen (secondary N) is 3. The van der Waals surface area contributed by atoms with Crippen LogP contribution in [-0.2, 0) is 10.0 Å². The molecule has 3 aromatic rings. The van der Waals surface area contributed by atoms with E-state index in [1.54, 1.807) is 30.3 Å². The predicted octanol–water partition coefficient (Wildman–Crippen LogP) is 3.01. The molecule has 7 heteroatoms. The van der Waals surface area contributed by atoms with E-state index in [0.29, 0.717) is 23.2 Å². The SMILES string of the molecule is CNS(=O)(=O)c1cc(C#CCNc2cccc(C(=N)N)c2)ccc1-c1ccccc1. The average molecular weight is 419 g/mol. The van der Waals surface area contributed by atoms with E-state index in [-0.39, 0.29) is 10.7 Å². The van der Waals surface area contributed by atoms with Crippen LogP contribution in [0, 0.1) is 17.3 Å². The van der Waals surface area contributed by atoms with Crippen molar-refractivity contribution in [3.8, 4) is 23.0 Å². The van der Waals surface area contributed by atoms with Crippen LogP contribution in [-0.4, -0.2) is 27.8 Å². The van der Waals surface area contributed by atoms with Gasteiger partial charge in [-0.25, -0.2) is 13.1 Å². The zero-order valence-electron chi connectivity index (χ0n) is 16.4. The number of nitrogen functional groups attached to an aromatic ring is 1. The summed E-state index contributed by atoms with van der Waals surface area (Å²) in [6.45, 7) is 0.357. The molecule has 0 saturated carbocycles. The van der Waals surface area contributed by atoms with E-state index in [4.69, 9.17) is 11.1 Å². The van der Waals surface area contributed by atoms with E-state index in [9.17, 15) is 8.42 Å². The van der Waals surface area contributed by atoms with Crippen LogP contribution in [0.1, 0.15) is 11.1 Å². The lowest BCUT2D eigenvalue weighted by atomic mass is 10.0. The topological polar surface area (TPSA) is 108 Å². The van der Waals surface area contributed by atoms with Crippen molar-refractivity contribution in [1.29, 1.82) is 5.41 Å². The van der Waals surface area contributed by atoms with Gasteiger partial charge in [0.05, 0.1) is 11.4 Å². The summed E-state index contributed by atoms with van der Waals surface area (Å²) >= 11 is 0. The Balaban J connectivity index is 1.84. The number of benzene rings is 3. The molecule has 0 aliphatic heterocycles. The minimum absolute atomic E-state index is 0.00140. The van der Waals surface area contributed by atoms with Gasteiger partial charge in [-0.05, 0) is 36.9 Å². The van der Waals surface area contributed by atoms with E-state index in [0.717, 1.165) is 11.3 Å². The number of anilines is 1. The zero-order chi connectivity index (χ0) is 21.6. The molecule has 0 unspecified atom stereocenters. The first-order valence-corrected chi connectivity index (χ1v) is 10.7. The average Bonchev–Trinajstić information content (AvgIpc) is 2.77. The molecule has 3 aromatic carbocycles. The van der Waals surface area contributed by atoms with Gasteiger partial charge in [-0.1, -0.05) is 60.4 Å². The lowest BCUT2D eigenvalue weighted by Crippen LogP contribution is -2.19. The van der Waals surface area contributed by atoms with Gasteiger partial charge < -0.3 is 11.1 Å². The largest absolute Gasteiger partial charge is 0.384 e. The molecular formula is C23H22N4O2S. The van der Waals surface area contributed by atoms with Crippen molar-refractivity contribution >= 4 is 21.5 Å². The molecule has 0 heterocycles. The Bertz CT molecular complexity index is 1230. The Labute approximate surface area is 176 Å². The molecule has 5 N–H and O–H groups in total. The van der Waals surface area contributed by atoms with Crippen molar-refractivity contribution < 1.29 is 8.42 Å². The summed E-state index contributed by atoms with van der Waals surface area (Å²) in [7, 11) is -2.26. The summed E-state index contributed by atoms with van der Waals surface area (Å²) in [5, 5.41) is 10.6. The molecule has 0 aliphatic carbocycles. The molecule has 152 valence electrons. The van der Waals surface area contributed by atoms with Crippen LogP contribution in [0.25, 0.3) is 11.1 Å². The maximum Gasteiger partial charge on any atom is 0.240 e. The van der Waals surface area contributed by atoms with Crippen LogP contribution in [0.3, 0.4) is 0 Å². The maximum absolute atomic E-state index is 12.6. The minimum Gasteiger partial charge on any atom is -0.384 e. The van der Waals surface area contributed by atoms with Crippen molar-refractivity contribution in [2.75, 3.05) is 18.9 Å². The summed E-state index contributed by atoms with van der Waals surface area (Å²) in [6, 6.07) is 21.7.